The Hall–Kier alpha value is -3.59. The molecule has 38 heavy (non-hydrogen) atoms. The number of rotatable bonds is 13. The Kier molecular flexibility index (Phi) is 10.1. The first-order valence-corrected chi connectivity index (χ1v) is 12.6. The van der Waals surface area contributed by atoms with Crippen molar-refractivity contribution in [3.05, 3.63) is 88.5 Å². The lowest BCUT2D eigenvalue weighted by molar-refractivity contribution is -0.120. The second kappa shape index (κ2) is 13.3. The number of benzene rings is 3. The Balaban J connectivity index is 1.56. The summed E-state index contributed by atoms with van der Waals surface area (Å²) in [6, 6.07) is 18.2. The van der Waals surface area contributed by atoms with Crippen LogP contribution >= 0.6 is 0 Å². The third-order valence-electron chi connectivity index (χ3n) is 6.43. The lowest BCUT2D eigenvalue weighted by atomic mass is 9.93. The summed E-state index contributed by atoms with van der Waals surface area (Å²) in [6.07, 6.45) is 0.133. The van der Waals surface area contributed by atoms with Gasteiger partial charge in [-0.15, -0.1) is 0 Å². The van der Waals surface area contributed by atoms with Crippen molar-refractivity contribution >= 4 is 5.91 Å². The maximum absolute atomic E-state index is 12.7. The lowest BCUT2D eigenvalue weighted by Gasteiger charge is -2.28. The molecule has 8 nitrogen and oxygen atoms in total. The summed E-state index contributed by atoms with van der Waals surface area (Å²) in [5, 5.41) is 36.1. The number of hydrogen-bond acceptors (Lipinski definition) is 7. The zero-order valence-corrected chi connectivity index (χ0v) is 22.5. The van der Waals surface area contributed by atoms with E-state index >= 15 is 0 Å². The first-order chi connectivity index (χ1) is 18.2. The summed E-state index contributed by atoms with van der Waals surface area (Å²) in [4.78, 5) is 12.7. The highest BCUT2D eigenvalue weighted by atomic mass is 16.5. The number of amides is 1. The summed E-state index contributed by atoms with van der Waals surface area (Å²) in [7, 11) is 3.17. The van der Waals surface area contributed by atoms with Gasteiger partial charge in [0.15, 0.2) is 0 Å². The van der Waals surface area contributed by atoms with Gasteiger partial charge in [-0.3, -0.25) is 4.79 Å². The van der Waals surface area contributed by atoms with Crippen molar-refractivity contribution in [2.75, 3.05) is 20.8 Å². The van der Waals surface area contributed by atoms with Crippen LogP contribution < -0.4 is 20.1 Å². The number of ether oxygens (including phenoxy) is 2. The molecule has 0 aromatic heterocycles. The van der Waals surface area contributed by atoms with Gasteiger partial charge in [0.2, 0.25) is 5.91 Å². The number of carbonyl (C=O) groups is 1. The molecule has 0 fully saturated rings. The van der Waals surface area contributed by atoms with Crippen LogP contribution in [0, 0.1) is 0 Å². The number of β-amino-alcohol motifs (C(OH)–C–C–N with tert-alkyl or cyclic N) is 1. The van der Waals surface area contributed by atoms with Gasteiger partial charge < -0.3 is 35.4 Å². The smallest absolute Gasteiger partial charge is 0.224 e. The quantitative estimate of drug-likeness (QED) is 0.233. The Morgan fingerprint density at radius 3 is 2.29 bits per heavy atom. The Bertz CT molecular complexity index is 1200. The van der Waals surface area contributed by atoms with Crippen LogP contribution in [0.2, 0.25) is 0 Å². The fourth-order valence-electron chi connectivity index (χ4n) is 4.39. The normalized spacial score (nSPS) is 12.2. The fourth-order valence-corrected chi connectivity index (χ4v) is 4.39. The maximum Gasteiger partial charge on any atom is 0.224 e. The molecule has 0 bridgehead atoms. The van der Waals surface area contributed by atoms with Crippen molar-refractivity contribution in [3.8, 4) is 17.2 Å². The summed E-state index contributed by atoms with van der Waals surface area (Å²) < 4.78 is 10.8. The van der Waals surface area contributed by atoms with Crippen molar-refractivity contribution < 1.29 is 29.6 Å². The van der Waals surface area contributed by atoms with Gasteiger partial charge in [0, 0.05) is 17.6 Å². The molecule has 8 heteroatoms. The third-order valence-corrected chi connectivity index (χ3v) is 6.43. The fraction of sp³-hybridized carbons (Fsp3) is 0.367. The highest BCUT2D eigenvalue weighted by Gasteiger charge is 2.21. The monoisotopic (exact) mass is 522 g/mol. The van der Waals surface area contributed by atoms with Gasteiger partial charge in [0.1, 0.15) is 17.2 Å². The van der Waals surface area contributed by atoms with E-state index in [0.717, 1.165) is 16.7 Å². The zero-order valence-electron chi connectivity index (χ0n) is 22.5. The molecule has 0 aliphatic heterocycles. The minimum absolute atomic E-state index is 0.00446. The Labute approximate surface area is 224 Å². The van der Waals surface area contributed by atoms with Crippen molar-refractivity contribution in [1.29, 1.82) is 0 Å². The van der Waals surface area contributed by atoms with Crippen LogP contribution in [0.4, 0.5) is 0 Å². The second-order valence-electron chi connectivity index (χ2n) is 9.92. The summed E-state index contributed by atoms with van der Waals surface area (Å²) in [6.45, 7) is 4.41. The number of aliphatic hydroxyl groups is 2. The van der Waals surface area contributed by atoms with Gasteiger partial charge in [0.25, 0.3) is 0 Å². The first kappa shape index (κ1) is 29.0. The topological polar surface area (TPSA) is 120 Å². The van der Waals surface area contributed by atoms with E-state index in [4.69, 9.17) is 9.47 Å². The number of methoxy groups -OCH3 is 2. The van der Waals surface area contributed by atoms with Crippen LogP contribution in [0.3, 0.4) is 0 Å². The van der Waals surface area contributed by atoms with Crippen molar-refractivity contribution in [2.45, 2.75) is 51.5 Å². The van der Waals surface area contributed by atoms with Crippen molar-refractivity contribution in [2.24, 2.45) is 0 Å². The minimum Gasteiger partial charge on any atom is -0.508 e. The molecular weight excluding hydrogens is 484 g/mol. The van der Waals surface area contributed by atoms with E-state index in [1.165, 1.54) is 6.07 Å². The number of aliphatic hydroxyl groups excluding tert-OH is 2. The molecule has 3 aromatic carbocycles. The van der Waals surface area contributed by atoms with E-state index in [-0.39, 0.29) is 30.2 Å². The molecule has 0 saturated carbocycles. The van der Waals surface area contributed by atoms with Crippen LogP contribution in [0.5, 0.6) is 17.2 Å². The number of nitrogens with one attached hydrogen (secondary N) is 2. The third kappa shape index (κ3) is 7.95. The molecule has 204 valence electrons. The molecule has 3 aromatic rings. The van der Waals surface area contributed by atoms with Crippen LogP contribution in [0.25, 0.3) is 0 Å². The maximum atomic E-state index is 12.7. The predicted molar refractivity (Wildman–Crippen MR) is 146 cm³/mol. The van der Waals surface area contributed by atoms with Crippen LogP contribution in [-0.4, -0.2) is 47.5 Å². The molecule has 0 aliphatic rings. The second-order valence-corrected chi connectivity index (χ2v) is 9.92. The average Bonchev–Trinajstić information content (AvgIpc) is 2.90. The molecule has 0 saturated heterocycles. The highest BCUT2D eigenvalue weighted by Crippen LogP contribution is 2.28. The van der Waals surface area contributed by atoms with Gasteiger partial charge >= 0.3 is 0 Å². The molecule has 0 unspecified atom stereocenters. The number of carbonyl (C=O) groups excluding carboxylic acids is 1. The van der Waals surface area contributed by atoms with Gasteiger partial charge in [-0.25, -0.2) is 0 Å². The largest absolute Gasteiger partial charge is 0.508 e. The summed E-state index contributed by atoms with van der Waals surface area (Å²) in [5.41, 5.74) is 3.43. The van der Waals surface area contributed by atoms with Crippen LogP contribution in [0.15, 0.2) is 60.7 Å². The van der Waals surface area contributed by atoms with E-state index in [9.17, 15) is 20.1 Å². The van der Waals surface area contributed by atoms with E-state index in [1.807, 2.05) is 42.5 Å². The van der Waals surface area contributed by atoms with Gasteiger partial charge in [-0.05, 0) is 61.2 Å². The molecule has 5 N–H and O–H groups in total. The summed E-state index contributed by atoms with van der Waals surface area (Å²) >= 11 is 0. The standard InChI is InChI=1S/C30H38N2O6/c1-30(2,32-18-26(35)22-11-12-25(34)23(15-22)19-33)16-21-8-5-7-20(13-21)14-29(36)31-17-24-27(37-3)9-6-10-28(24)38-4/h5-13,15,26,32-35H,14,16-19H2,1-4H3,(H,31,36)/t26-/m1/s1. The van der Waals surface area contributed by atoms with Gasteiger partial charge in [-0.1, -0.05) is 36.4 Å². The predicted octanol–water partition coefficient (Wildman–Crippen LogP) is 3.40. The zero-order chi connectivity index (χ0) is 27.7. The lowest BCUT2D eigenvalue weighted by Crippen LogP contribution is -2.43. The molecule has 1 atom stereocenters. The number of aromatic hydroxyl groups is 1. The number of hydrogen-bond donors (Lipinski definition) is 5. The van der Waals surface area contributed by atoms with Crippen LogP contribution in [0.1, 0.15) is 47.8 Å². The molecule has 0 spiro atoms. The highest BCUT2D eigenvalue weighted by molar-refractivity contribution is 5.78. The van der Waals surface area contributed by atoms with E-state index in [1.54, 1.807) is 26.4 Å². The first-order valence-electron chi connectivity index (χ1n) is 12.6. The van der Waals surface area contributed by atoms with E-state index < -0.39 is 6.10 Å². The Morgan fingerprint density at radius 1 is 0.974 bits per heavy atom. The van der Waals surface area contributed by atoms with Crippen molar-refractivity contribution in [3.63, 3.8) is 0 Å². The van der Waals surface area contributed by atoms with Crippen molar-refractivity contribution in [1.82, 2.24) is 10.6 Å². The minimum atomic E-state index is -0.794. The summed E-state index contributed by atoms with van der Waals surface area (Å²) in [5.74, 6) is 1.22. The molecule has 0 heterocycles. The Morgan fingerprint density at radius 2 is 1.63 bits per heavy atom. The van der Waals surface area contributed by atoms with E-state index in [0.29, 0.717) is 42.1 Å². The number of phenols is 1. The van der Waals surface area contributed by atoms with E-state index in [2.05, 4.69) is 24.5 Å². The molecule has 0 aliphatic carbocycles. The van der Waals surface area contributed by atoms with Crippen LogP contribution in [-0.2, 0) is 30.8 Å². The van der Waals surface area contributed by atoms with Gasteiger partial charge in [-0.2, -0.15) is 0 Å². The molecule has 0 radical (unpaired) electrons. The average molecular weight is 523 g/mol. The molecular formula is C30H38N2O6. The molecule has 1 amide bonds. The molecule has 3 rings (SSSR count). The van der Waals surface area contributed by atoms with Gasteiger partial charge in [0.05, 0.1) is 45.5 Å². The SMILES string of the molecule is COc1cccc(OC)c1CNC(=O)Cc1cccc(CC(C)(C)NC[C@@H](O)c2ccc(O)c(CO)c2)c1.